The molecule has 162 valence electrons. The summed E-state index contributed by atoms with van der Waals surface area (Å²) in [4.78, 5) is 26.8. The molecule has 0 atom stereocenters. The van der Waals surface area contributed by atoms with Crippen molar-refractivity contribution in [2.75, 3.05) is 0 Å². The van der Waals surface area contributed by atoms with Crippen LogP contribution in [0.1, 0.15) is 16.7 Å². The minimum Gasteiger partial charge on any atom is -0.486 e. The van der Waals surface area contributed by atoms with Gasteiger partial charge in [0, 0.05) is 4.47 Å². The van der Waals surface area contributed by atoms with Gasteiger partial charge in [0.2, 0.25) is 0 Å². The van der Waals surface area contributed by atoms with Crippen molar-refractivity contribution in [3.05, 3.63) is 103 Å². The molecule has 1 fully saturated rings. The number of carbonyl (C=O) groups excluding carboxylic acids is 2. The summed E-state index contributed by atoms with van der Waals surface area (Å²) in [5.74, 6) is 0.0174. The van der Waals surface area contributed by atoms with E-state index in [0.29, 0.717) is 32.9 Å². The van der Waals surface area contributed by atoms with Crippen LogP contribution >= 0.6 is 50.9 Å². The fraction of sp³-hybridized carbons (Fsp3) is 0.0833. The van der Waals surface area contributed by atoms with E-state index in [-0.39, 0.29) is 17.7 Å². The van der Waals surface area contributed by atoms with Crippen molar-refractivity contribution in [3.63, 3.8) is 0 Å². The second-order valence-electron chi connectivity index (χ2n) is 6.95. The molecule has 0 aliphatic carbocycles. The van der Waals surface area contributed by atoms with Crippen molar-refractivity contribution in [1.29, 1.82) is 0 Å². The Bertz CT molecular complexity index is 1190. The van der Waals surface area contributed by atoms with E-state index in [1.807, 2.05) is 54.6 Å². The van der Waals surface area contributed by atoms with Gasteiger partial charge in [-0.25, -0.2) is 0 Å². The summed E-state index contributed by atoms with van der Waals surface area (Å²) in [6.45, 7) is 0.519. The lowest BCUT2D eigenvalue weighted by molar-refractivity contribution is -0.123. The second kappa shape index (κ2) is 10.1. The summed E-state index contributed by atoms with van der Waals surface area (Å²) in [6, 6.07) is 20.5. The molecule has 0 N–H and O–H groups in total. The molecule has 1 aliphatic rings. The molecule has 4 rings (SSSR count). The van der Waals surface area contributed by atoms with Crippen LogP contribution in [-0.2, 0) is 17.9 Å². The van der Waals surface area contributed by atoms with Gasteiger partial charge in [0.1, 0.15) is 6.61 Å². The first-order valence-electron chi connectivity index (χ1n) is 9.57. The summed E-state index contributed by atoms with van der Waals surface area (Å²) in [7, 11) is 0. The number of thioether (sulfide) groups is 1. The summed E-state index contributed by atoms with van der Waals surface area (Å²) in [5.41, 5.74) is 2.45. The number of rotatable bonds is 6. The minimum atomic E-state index is -0.354. The largest absolute Gasteiger partial charge is 0.486 e. The van der Waals surface area contributed by atoms with Gasteiger partial charge in [0.15, 0.2) is 5.75 Å². The number of halogens is 3. The molecule has 1 aliphatic heterocycles. The smallest absolute Gasteiger partial charge is 0.293 e. The number of benzene rings is 3. The van der Waals surface area contributed by atoms with E-state index in [0.717, 1.165) is 27.4 Å². The SMILES string of the molecule is O=C1S/C(=C\c2cc(Cl)c(OCc3ccccc3)c(Cl)c2)C(=O)N1Cc1ccccc1Br. The molecule has 0 spiro atoms. The average molecular weight is 549 g/mol. The van der Waals surface area contributed by atoms with Crippen LogP contribution < -0.4 is 4.74 Å². The normalized spacial score (nSPS) is 15.0. The van der Waals surface area contributed by atoms with Crippen molar-refractivity contribution in [2.24, 2.45) is 0 Å². The quantitative estimate of drug-likeness (QED) is 0.298. The maximum atomic E-state index is 12.8. The molecule has 3 aromatic carbocycles. The lowest BCUT2D eigenvalue weighted by Crippen LogP contribution is -2.27. The van der Waals surface area contributed by atoms with E-state index in [1.165, 1.54) is 4.90 Å². The number of nitrogens with zero attached hydrogens (tertiary/aromatic N) is 1. The van der Waals surface area contributed by atoms with Gasteiger partial charge < -0.3 is 4.74 Å². The van der Waals surface area contributed by atoms with E-state index in [9.17, 15) is 9.59 Å². The van der Waals surface area contributed by atoms with Crippen LogP contribution in [-0.4, -0.2) is 16.0 Å². The molecular weight excluding hydrogens is 533 g/mol. The molecule has 2 amide bonds. The molecule has 1 saturated heterocycles. The molecule has 32 heavy (non-hydrogen) atoms. The Balaban J connectivity index is 1.51. The van der Waals surface area contributed by atoms with Gasteiger partial charge in [0.05, 0.1) is 21.5 Å². The highest BCUT2D eigenvalue weighted by atomic mass is 79.9. The topological polar surface area (TPSA) is 46.6 Å². The zero-order valence-corrected chi connectivity index (χ0v) is 20.5. The Hall–Kier alpha value is -2.25. The number of imide groups is 1. The van der Waals surface area contributed by atoms with Gasteiger partial charge in [0.25, 0.3) is 11.1 Å². The van der Waals surface area contributed by atoms with Crippen LogP contribution in [0, 0.1) is 0 Å². The summed E-state index contributed by atoms with van der Waals surface area (Å²) in [5, 5.41) is 0.330. The molecular formula is C24H16BrCl2NO3S. The highest BCUT2D eigenvalue weighted by molar-refractivity contribution is 9.10. The van der Waals surface area contributed by atoms with E-state index < -0.39 is 0 Å². The molecule has 3 aromatic rings. The second-order valence-corrected chi connectivity index (χ2v) is 9.61. The van der Waals surface area contributed by atoms with Crippen LogP contribution in [0.3, 0.4) is 0 Å². The maximum absolute atomic E-state index is 12.8. The van der Waals surface area contributed by atoms with Crippen LogP contribution in [0.5, 0.6) is 5.75 Å². The Morgan fingerprint density at radius 1 is 0.969 bits per heavy atom. The zero-order valence-electron chi connectivity index (χ0n) is 16.6. The number of ether oxygens (including phenoxy) is 1. The summed E-state index contributed by atoms with van der Waals surface area (Å²) in [6.07, 6.45) is 1.61. The third-order valence-corrected chi connectivity index (χ3v) is 6.95. The molecule has 4 nitrogen and oxygen atoms in total. The molecule has 0 saturated carbocycles. The molecule has 1 heterocycles. The van der Waals surface area contributed by atoms with Crippen LogP contribution in [0.2, 0.25) is 10.0 Å². The summed E-state index contributed by atoms with van der Waals surface area (Å²) < 4.78 is 6.63. The van der Waals surface area contributed by atoms with Crippen molar-refractivity contribution in [2.45, 2.75) is 13.2 Å². The van der Waals surface area contributed by atoms with Gasteiger partial charge in [-0.1, -0.05) is 87.7 Å². The Kier molecular flexibility index (Phi) is 7.26. The number of hydrogen-bond donors (Lipinski definition) is 0. The Morgan fingerprint density at radius 3 is 2.31 bits per heavy atom. The first-order valence-corrected chi connectivity index (χ1v) is 11.9. The molecule has 0 aromatic heterocycles. The predicted octanol–water partition coefficient (Wildman–Crippen LogP) is 7.57. The minimum absolute atomic E-state index is 0.192. The lowest BCUT2D eigenvalue weighted by Gasteiger charge is -2.13. The van der Waals surface area contributed by atoms with E-state index in [2.05, 4.69) is 15.9 Å². The van der Waals surface area contributed by atoms with Gasteiger partial charge >= 0.3 is 0 Å². The van der Waals surface area contributed by atoms with E-state index in [1.54, 1.807) is 18.2 Å². The van der Waals surface area contributed by atoms with E-state index in [4.69, 9.17) is 27.9 Å². The average Bonchev–Trinajstić information content (AvgIpc) is 3.02. The van der Waals surface area contributed by atoms with E-state index >= 15 is 0 Å². The number of amides is 2. The lowest BCUT2D eigenvalue weighted by atomic mass is 10.2. The molecule has 0 unspecified atom stereocenters. The van der Waals surface area contributed by atoms with Gasteiger partial charge in [-0.2, -0.15) is 0 Å². The van der Waals surface area contributed by atoms with Crippen molar-refractivity contribution >= 4 is 68.1 Å². The first kappa shape index (κ1) is 22.9. The fourth-order valence-electron chi connectivity index (χ4n) is 3.12. The predicted molar refractivity (Wildman–Crippen MR) is 133 cm³/mol. The Labute approximate surface area is 208 Å². The standard InChI is InChI=1S/C24H16BrCl2NO3S/c25-18-9-5-4-8-17(18)13-28-23(29)21(32-24(28)30)12-16-10-19(26)22(20(27)11-16)31-14-15-6-2-1-3-7-15/h1-12H,13-14H2/b21-12-. The number of carbonyl (C=O) groups is 2. The van der Waals surface area contributed by atoms with Gasteiger partial charge in [-0.05, 0) is 52.7 Å². The van der Waals surface area contributed by atoms with Crippen LogP contribution in [0.25, 0.3) is 6.08 Å². The van der Waals surface area contributed by atoms with Crippen LogP contribution in [0.15, 0.2) is 76.1 Å². The highest BCUT2D eigenvalue weighted by Crippen LogP contribution is 2.38. The monoisotopic (exact) mass is 547 g/mol. The maximum Gasteiger partial charge on any atom is 0.293 e. The number of hydrogen-bond acceptors (Lipinski definition) is 4. The van der Waals surface area contributed by atoms with Crippen molar-refractivity contribution < 1.29 is 14.3 Å². The first-order chi connectivity index (χ1) is 15.4. The van der Waals surface area contributed by atoms with Gasteiger partial charge in [-0.3, -0.25) is 14.5 Å². The van der Waals surface area contributed by atoms with Crippen molar-refractivity contribution in [1.82, 2.24) is 4.90 Å². The third kappa shape index (κ3) is 5.21. The summed E-state index contributed by atoms with van der Waals surface area (Å²) >= 11 is 17.1. The molecule has 0 bridgehead atoms. The third-order valence-electron chi connectivity index (χ3n) is 4.70. The zero-order chi connectivity index (χ0) is 22.7. The fourth-order valence-corrected chi connectivity index (χ4v) is 4.98. The van der Waals surface area contributed by atoms with Gasteiger partial charge in [-0.15, -0.1) is 0 Å². The molecule has 0 radical (unpaired) electrons. The highest BCUT2D eigenvalue weighted by Gasteiger charge is 2.35. The Morgan fingerprint density at radius 2 is 1.62 bits per heavy atom. The van der Waals surface area contributed by atoms with Crippen molar-refractivity contribution in [3.8, 4) is 5.75 Å². The molecule has 8 heteroatoms. The van der Waals surface area contributed by atoms with Crippen LogP contribution in [0.4, 0.5) is 4.79 Å².